The van der Waals surface area contributed by atoms with Crippen molar-refractivity contribution in [3.63, 3.8) is 0 Å². The minimum Gasteiger partial charge on any atom is -0.481 e. The van der Waals surface area contributed by atoms with Gasteiger partial charge in [0.05, 0.1) is 16.6 Å². The summed E-state index contributed by atoms with van der Waals surface area (Å²) in [5, 5.41) is 9.93. The maximum Gasteiger partial charge on any atom is 0.312 e. The van der Waals surface area contributed by atoms with Gasteiger partial charge in [0.25, 0.3) is 0 Å². The summed E-state index contributed by atoms with van der Waals surface area (Å²) >= 11 is 1.44. The number of carbonyl (C=O) groups is 1. The van der Waals surface area contributed by atoms with Crippen molar-refractivity contribution in [1.29, 1.82) is 0 Å². The molecule has 21 heavy (non-hydrogen) atoms. The Morgan fingerprint density at radius 2 is 2.05 bits per heavy atom. The Labute approximate surface area is 124 Å². The zero-order chi connectivity index (χ0) is 15.0. The number of aryl methyl sites for hydroxylation is 1. The largest absolute Gasteiger partial charge is 0.481 e. The Balaban J connectivity index is 1.89. The van der Waals surface area contributed by atoms with Crippen molar-refractivity contribution in [1.82, 2.24) is 4.98 Å². The molecule has 1 atom stereocenters. The fourth-order valence-electron chi connectivity index (χ4n) is 2.67. The number of aliphatic carboxylic acids is 1. The molecule has 1 N–H and O–H groups in total. The van der Waals surface area contributed by atoms with Crippen LogP contribution in [0.15, 0.2) is 18.2 Å². The first-order chi connectivity index (χ1) is 10.0. The molecule has 1 heterocycles. The van der Waals surface area contributed by atoms with E-state index in [9.17, 15) is 18.7 Å². The van der Waals surface area contributed by atoms with Gasteiger partial charge in [-0.2, -0.15) is 0 Å². The van der Waals surface area contributed by atoms with Crippen molar-refractivity contribution in [2.24, 2.45) is 0 Å². The Morgan fingerprint density at radius 1 is 1.33 bits per heavy atom. The smallest absolute Gasteiger partial charge is 0.312 e. The molecule has 1 aliphatic rings. The predicted molar refractivity (Wildman–Crippen MR) is 74.6 cm³/mol. The molecule has 0 saturated heterocycles. The summed E-state index contributed by atoms with van der Waals surface area (Å²) in [5.74, 6) is -2.64. The Kier molecular flexibility index (Phi) is 3.71. The maximum atomic E-state index is 13.2. The molecular weight excluding hydrogens is 296 g/mol. The third-order valence-corrected chi connectivity index (χ3v) is 4.71. The summed E-state index contributed by atoms with van der Waals surface area (Å²) in [7, 11) is 0. The first-order valence-corrected chi connectivity index (χ1v) is 7.51. The predicted octanol–water partition coefficient (Wildman–Crippen LogP) is 3.52. The van der Waals surface area contributed by atoms with E-state index in [4.69, 9.17) is 0 Å². The summed E-state index contributed by atoms with van der Waals surface area (Å²) in [6.07, 6.45) is 2.58. The zero-order valence-electron chi connectivity index (χ0n) is 11.1. The highest BCUT2D eigenvalue weighted by molar-refractivity contribution is 7.11. The number of halogens is 2. The van der Waals surface area contributed by atoms with Gasteiger partial charge in [0, 0.05) is 17.4 Å². The van der Waals surface area contributed by atoms with Crippen LogP contribution in [0.2, 0.25) is 0 Å². The van der Waals surface area contributed by atoms with Crippen LogP contribution >= 0.6 is 11.3 Å². The van der Waals surface area contributed by atoms with Crippen molar-refractivity contribution in [3.05, 3.63) is 51.0 Å². The van der Waals surface area contributed by atoms with Gasteiger partial charge in [-0.1, -0.05) is 0 Å². The number of nitrogens with zero attached hydrogens (tertiary/aromatic N) is 1. The van der Waals surface area contributed by atoms with E-state index in [1.807, 2.05) is 0 Å². The third kappa shape index (κ3) is 2.95. The molecule has 0 aliphatic heterocycles. The topological polar surface area (TPSA) is 50.2 Å². The molecule has 1 unspecified atom stereocenters. The minimum absolute atomic E-state index is 0.318. The van der Waals surface area contributed by atoms with Crippen LogP contribution in [-0.2, 0) is 17.6 Å². The SMILES string of the molecule is O=C(O)C1CCCc2sc(Cc3cc(F)cc(F)c3)nc21. The molecule has 0 fully saturated rings. The lowest BCUT2D eigenvalue weighted by Crippen LogP contribution is -2.17. The second-order valence-electron chi connectivity index (χ2n) is 5.15. The van der Waals surface area contributed by atoms with Crippen LogP contribution in [0.5, 0.6) is 0 Å². The lowest BCUT2D eigenvalue weighted by molar-refractivity contribution is -0.139. The molecule has 110 valence electrons. The first-order valence-electron chi connectivity index (χ1n) is 6.69. The molecule has 1 aromatic heterocycles. The Bertz CT molecular complexity index is 679. The van der Waals surface area contributed by atoms with E-state index in [0.29, 0.717) is 29.1 Å². The van der Waals surface area contributed by atoms with Crippen LogP contribution in [0, 0.1) is 11.6 Å². The number of carboxylic acid groups (broad SMARTS) is 1. The second kappa shape index (κ2) is 5.52. The van der Waals surface area contributed by atoms with Gasteiger partial charge in [-0.3, -0.25) is 4.79 Å². The lowest BCUT2D eigenvalue weighted by atomic mass is 9.91. The van der Waals surface area contributed by atoms with Crippen LogP contribution in [0.25, 0.3) is 0 Å². The van der Waals surface area contributed by atoms with Crippen molar-refractivity contribution in [2.45, 2.75) is 31.6 Å². The van der Waals surface area contributed by atoms with Gasteiger partial charge in [0.2, 0.25) is 0 Å². The Hall–Kier alpha value is -1.82. The average molecular weight is 309 g/mol. The number of rotatable bonds is 3. The van der Waals surface area contributed by atoms with Gasteiger partial charge >= 0.3 is 5.97 Å². The minimum atomic E-state index is -0.857. The highest BCUT2D eigenvalue weighted by atomic mass is 32.1. The second-order valence-corrected chi connectivity index (χ2v) is 6.32. The normalized spacial score (nSPS) is 17.5. The summed E-state index contributed by atoms with van der Waals surface area (Å²) in [5.41, 5.74) is 1.14. The van der Waals surface area contributed by atoms with E-state index in [2.05, 4.69) is 4.98 Å². The van der Waals surface area contributed by atoms with Crippen LogP contribution in [0.4, 0.5) is 8.78 Å². The molecule has 0 saturated carbocycles. The van der Waals surface area contributed by atoms with Gasteiger partial charge in [-0.05, 0) is 37.0 Å². The summed E-state index contributed by atoms with van der Waals surface area (Å²) in [6.45, 7) is 0. The quantitative estimate of drug-likeness (QED) is 0.944. The lowest BCUT2D eigenvalue weighted by Gasteiger charge is -2.16. The van der Waals surface area contributed by atoms with E-state index in [1.54, 1.807) is 0 Å². The standard InChI is InChI=1S/C15H13F2NO2S/c16-9-4-8(5-10(17)7-9)6-13-18-14-11(15(19)20)2-1-3-12(14)21-13/h4-5,7,11H,1-3,6H2,(H,19,20). The first kappa shape index (κ1) is 14.1. The van der Waals surface area contributed by atoms with Gasteiger partial charge in [0.15, 0.2) is 0 Å². The van der Waals surface area contributed by atoms with Gasteiger partial charge < -0.3 is 5.11 Å². The monoisotopic (exact) mass is 309 g/mol. The number of thiazole rings is 1. The third-order valence-electron chi connectivity index (χ3n) is 3.57. The van der Waals surface area contributed by atoms with Crippen LogP contribution in [-0.4, -0.2) is 16.1 Å². The number of benzene rings is 1. The van der Waals surface area contributed by atoms with Gasteiger partial charge in [-0.15, -0.1) is 11.3 Å². The van der Waals surface area contributed by atoms with E-state index in [0.717, 1.165) is 23.8 Å². The number of aromatic nitrogens is 1. The fourth-order valence-corrected chi connectivity index (χ4v) is 3.88. The van der Waals surface area contributed by atoms with Gasteiger partial charge in [-0.25, -0.2) is 13.8 Å². The summed E-state index contributed by atoms with van der Waals surface area (Å²) < 4.78 is 26.4. The molecule has 0 radical (unpaired) electrons. The van der Waals surface area contributed by atoms with Crippen molar-refractivity contribution >= 4 is 17.3 Å². The van der Waals surface area contributed by atoms with Crippen LogP contribution in [0.1, 0.15) is 39.9 Å². The zero-order valence-corrected chi connectivity index (χ0v) is 11.9. The Morgan fingerprint density at radius 3 is 2.71 bits per heavy atom. The van der Waals surface area contributed by atoms with Crippen molar-refractivity contribution in [2.75, 3.05) is 0 Å². The number of fused-ring (bicyclic) bond motifs is 1. The average Bonchev–Trinajstić information content (AvgIpc) is 2.78. The van der Waals surface area contributed by atoms with Crippen LogP contribution in [0.3, 0.4) is 0 Å². The van der Waals surface area contributed by atoms with Gasteiger partial charge in [0.1, 0.15) is 11.6 Å². The molecule has 0 bridgehead atoms. The fraction of sp³-hybridized carbons (Fsp3) is 0.333. The molecule has 1 aromatic carbocycles. The molecule has 0 spiro atoms. The van der Waals surface area contributed by atoms with Crippen LogP contribution < -0.4 is 0 Å². The van der Waals surface area contributed by atoms with E-state index >= 15 is 0 Å². The highest BCUT2D eigenvalue weighted by Crippen LogP contribution is 2.35. The molecule has 6 heteroatoms. The van der Waals surface area contributed by atoms with E-state index < -0.39 is 23.5 Å². The molecule has 3 rings (SSSR count). The summed E-state index contributed by atoms with van der Waals surface area (Å²) in [4.78, 5) is 16.6. The number of carboxylic acids is 1. The molecule has 2 aromatic rings. The molecule has 3 nitrogen and oxygen atoms in total. The maximum absolute atomic E-state index is 13.2. The van der Waals surface area contributed by atoms with E-state index in [-0.39, 0.29) is 0 Å². The molecule has 1 aliphatic carbocycles. The molecule has 0 amide bonds. The number of hydrogen-bond donors (Lipinski definition) is 1. The highest BCUT2D eigenvalue weighted by Gasteiger charge is 2.29. The molecular formula is C15H13F2NO2S. The van der Waals surface area contributed by atoms with Crippen molar-refractivity contribution in [3.8, 4) is 0 Å². The van der Waals surface area contributed by atoms with Crippen molar-refractivity contribution < 1.29 is 18.7 Å². The summed E-state index contributed by atoms with van der Waals surface area (Å²) in [6, 6.07) is 3.38. The number of hydrogen-bond acceptors (Lipinski definition) is 3. The van der Waals surface area contributed by atoms with E-state index in [1.165, 1.54) is 23.5 Å².